The Labute approximate surface area is 164 Å². The predicted octanol–water partition coefficient (Wildman–Crippen LogP) is 4.65. The van der Waals surface area contributed by atoms with Gasteiger partial charge in [-0.25, -0.2) is 4.79 Å². The van der Waals surface area contributed by atoms with Crippen molar-refractivity contribution >= 4 is 34.1 Å². The van der Waals surface area contributed by atoms with Crippen molar-refractivity contribution in [1.29, 1.82) is 0 Å². The van der Waals surface area contributed by atoms with E-state index in [1.807, 2.05) is 48.5 Å². The summed E-state index contributed by atoms with van der Waals surface area (Å²) in [4.78, 5) is 26.7. The van der Waals surface area contributed by atoms with Gasteiger partial charge in [0.1, 0.15) is 0 Å². The molecule has 3 amide bonds. The number of likely N-dealkylation sites (tertiary alicyclic amines) is 1. The minimum atomic E-state index is -0.117. The van der Waals surface area contributed by atoms with Gasteiger partial charge >= 0.3 is 6.03 Å². The van der Waals surface area contributed by atoms with E-state index in [1.165, 1.54) is 0 Å². The van der Waals surface area contributed by atoms with E-state index in [0.29, 0.717) is 11.4 Å². The molecule has 5 nitrogen and oxygen atoms in total. The summed E-state index contributed by atoms with van der Waals surface area (Å²) in [5.41, 5.74) is 2.18. The third-order valence-corrected chi connectivity index (χ3v) is 5.01. The number of fused-ring (bicyclic) bond motifs is 1. The van der Waals surface area contributed by atoms with Crippen molar-refractivity contribution < 1.29 is 9.59 Å². The molecule has 1 heterocycles. The lowest BCUT2D eigenvalue weighted by molar-refractivity contribution is -0.115. The molecule has 1 fully saturated rings. The molecular formula is C23H23N3O2. The van der Waals surface area contributed by atoms with Crippen molar-refractivity contribution in [3.05, 3.63) is 72.3 Å². The number of nitrogens with one attached hydrogen (secondary N) is 2. The first-order valence-corrected chi connectivity index (χ1v) is 9.61. The molecule has 4 rings (SSSR count). The van der Waals surface area contributed by atoms with Gasteiger partial charge in [0.2, 0.25) is 5.91 Å². The van der Waals surface area contributed by atoms with Crippen LogP contribution in [0.25, 0.3) is 10.8 Å². The lowest BCUT2D eigenvalue weighted by atomic mass is 10.0. The largest absolute Gasteiger partial charge is 0.325 e. The molecule has 0 saturated carbocycles. The first kappa shape index (κ1) is 18.0. The van der Waals surface area contributed by atoms with E-state index < -0.39 is 0 Å². The average molecular weight is 373 g/mol. The number of nitrogens with zero attached hydrogens (tertiary/aromatic N) is 1. The van der Waals surface area contributed by atoms with Gasteiger partial charge in [-0.2, -0.15) is 0 Å². The number of anilines is 2. The van der Waals surface area contributed by atoms with Crippen molar-refractivity contribution in [3.63, 3.8) is 0 Å². The Morgan fingerprint density at radius 1 is 0.786 bits per heavy atom. The summed E-state index contributed by atoms with van der Waals surface area (Å²) in [6, 6.07) is 21.3. The molecule has 0 spiro atoms. The molecule has 0 atom stereocenters. The molecule has 3 aromatic carbocycles. The molecule has 0 unspecified atom stereocenters. The van der Waals surface area contributed by atoms with Crippen LogP contribution in [0.2, 0.25) is 0 Å². The van der Waals surface area contributed by atoms with Crippen molar-refractivity contribution in [2.45, 2.75) is 19.3 Å². The highest BCUT2D eigenvalue weighted by Gasteiger charge is 2.19. The van der Waals surface area contributed by atoms with Gasteiger partial charge in [0.25, 0.3) is 0 Å². The number of benzene rings is 3. The topological polar surface area (TPSA) is 61.4 Å². The van der Waals surface area contributed by atoms with E-state index in [2.05, 4.69) is 16.7 Å². The van der Waals surface area contributed by atoms with Crippen LogP contribution in [0.3, 0.4) is 0 Å². The van der Waals surface area contributed by atoms with Gasteiger partial charge < -0.3 is 15.5 Å². The second-order valence-corrected chi connectivity index (χ2v) is 7.08. The zero-order valence-corrected chi connectivity index (χ0v) is 15.7. The number of carbonyl (C=O) groups excluding carboxylic acids is 2. The van der Waals surface area contributed by atoms with Crippen molar-refractivity contribution in [1.82, 2.24) is 4.90 Å². The van der Waals surface area contributed by atoms with Crippen LogP contribution < -0.4 is 10.6 Å². The molecule has 2 N–H and O–H groups in total. The summed E-state index contributed by atoms with van der Waals surface area (Å²) in [7, 11) is 0. The number of carbonyl (C=O) groups is 2. The van der Waals surface area contributed by atoms with E-state index in [9.17, 15) is 9.59 Å². The number of urea groups is 1. The number of amides is 3. The van der Waals surface area contributed by atoms with Gasteiger partial charge in [0.15, 0.2) is 0 Å². The second kappa shape index (κ2) is 8.13. The van der Waals surface area contributed by atoms with Crippen LogP contribution in [0.4, 0.5) is 16.2 Å². The third-order valence-electron chi connectivity index (χ3n) is 5.01. The number of rotatable bonds is 4. The minimum Gasteiger partial charge on any atom is -0.325 e. The van der Waals surface area contributed by atoms with E-state index in [4.69, 9.17) is 0 Å². The fourth-order valence-electron chi connectivity index (χ4n) is 3.54. The molecule has 0 bridgehead atoms. The molecule has 1 aliphatic rings. The Kier molecular flexibility index (Phi) is 5.24. The zero-order chi connectivity index (χ0) is 19.3. The van der Waals surface area contributed by atoms with Gasteiger partial charge in [0, 0.05) is 13.1 Å². The maximum absolute atomic E-state index is 12.6. The SMILES string of the molecule is O=C(Cc1ccc2ccccc2c1)Nc1ccccc1NC(=O)N1CCCC1. The maximum atomic E-state index is 12.6. The van der Waals surface area contributed by atoms with Gasteiger partial charge in [-0.1, -0.05) is 54.6 Å². The fraction of sp³-hybridized carbons (Fsp3) is 0.217. The summed E-state index contributed by atoms with van der Waals surface area (Å²) >= 11 is 0. The Balaban J connectivity index is 1.44. The van der Waals surface area contributed by atoms with E-state index in [-0.39, 0.29) is 18.4 Å². The smallest absolute Gasteiger partial charge is 0.321 e. The normalized spacial score (nSPS) is 13.5. The lowest BCUT2D eigenvalue weighted by Crippen LogP contribution is -2.32. The third kappa shape index (κ3) is 4.14. The van der Waals surface area contributed by atoms with Gasteiger partial charge in [-0.3, -0.25) is 4.79 Å². The minimum absolute atomic E-state index is 0.113. The fourth-order valence-corrected chi connectivity index (χ4v) is 3.54. The lowest BCUT2D eigenvalue weighted by Gasteiger charge is -2.18. The van der Waals surface area contributed by atoms with Gasteiger partial charge in [0.05, 0.1) is 17.8 Å². The zero-order valence-electron chi connectivity index (χ0n) is 15.7. The molecule has 28 heavy (non-hydrogen) atoms. The van der Waals surface area contributed by atoms with Gasteiger partial charge in [-0.05, 0) is 41.3 Å². The Bertz CT molecular complexity index is 1010. The highest BCUT2D eigenvalue weighted by molar-refractivity contribution is 6.00. The number of para-hydroxylation sites is 2. The molecule has 3 aromatic rings. The van der Waals surface area contributed by atoms with Gasteiger partial charge in [-0.15, -0.1) is 0 Å². The molecule has 142 valence electrons. The molecule has 0 radical (unpaired) electrons. The van der Waals surface area contributed by atoms with Crippen LogP contribution in [0.1, 0.15) is 18.4 Å². The van der Waals surface area contributed by atoms with Crippen molar-refractivity contribution in [2.24, 2.45) is 0 Å². The van der Waals surface area contributed by atoms with Crippen LogP contribution in [-0.4, -0.2) is 29.9 Å². The summed E-state index contributed by atoms with van der Waals surface area (Å²) in [6.45, 7) is 1.56. The molecular weight excluding hydrogens is 350 g/mol. The quantitative estimate of drug-likeness (QED) is 0.699. The summed E-state index contributed by atoms with van der Waals surface area (Å²) < 4.78 is 0. The maximum Gasteiger partial charge on any atom is 0.321 e. The molecule has 1 saturated heterocycles. The summed E-state index contributed by atoms with van der Waals surface area (Å²) in [5, 5.41) is 8.12. The van der Waals surface area contributed by atoms with Crippen LogP contribution in [0.15, 0.2) is 66.7 Å². The highest BCUT2D eigenvalue weighted by atomic mass is 16.2. The standard InChI is InChI=1S/C23H23N3O2/c27-22(16-17-11-12-18-7-1-2-8-19(18)15-17)24-20-9-3-4-10-21(20)25-23(28)26-13-5-6-14-26/h1-4,7-12,15H,5-6,13-14,16H2,(H,24,27)(H,25,28). The van der Waals surface area contributed by atoms with E-state index >= 15 is 0 Å². The number of hydrogen-bond acceptors (Lipinski definition) is 2. The molecule has 0 aliphatic carbocycles. The first-order valence-electron chi connectivity index (χ1n) is 9.61. The van der Waals surface area contributed by atoms with Crippen molar-refractivity contribution in [3.8, 4) is 0 Å². The molecule has 1 aliphatic heterocycles. The van der Waals surface area contributed by atoms with Crippen LogP contribution >= 0.6 is 0 Å². The van der Waals surface area contributed by atoms with E-state index in [1.54, 1.807) is 17.0 Å². The monoisotopic (exact) mass is 373 g/mol. The second-order valence-electron chi connectivity index (χ2n) is 7.08. The van der Waals surface area contributed by atoms with E-state index in [0.717, 1.165) is 42.3 Å². The van der Waals surface area contributed by atoms with Crippen LogP contribution in [-0.2, 0) is 11.2 Å². The molecule has 0 aromatic heterocycles. The van der Waals surface area contributed by atoms with Crippen LogP contribution in [0.5, 0.6) is 0 Å². The van der Waals surface area contributed by atoms with Crippen LogP contribution in [0, 0.1) is 0 Å². The summed E-state index contributed by atoms with van der Waals surface area (Å²) in [5.74, 6) is -0.113. The Morgan fingerprint density at radius 2 is 1.43 bits per heavy atom. The Hall–Kier alpha value is -3.34. The average Bonchev–Trinajstić information content (AvgIpc) is 3.24. The van der Waals surface area contributed by atoms with Crippen molar-refractivity contribution in [2.75, 3.05) is 23.7 Å². The Morgan fingerprint density at radius 3 is 2.18 bits per heavy atom. The first-order chi connectivity index (χ1) is 13.7. The number of hydrogen-bond donors (Lipinski definition) is 2. The molecule has 5 heteroatoms. The highest BCUT2D eigenvalue weighted by Crippen LogP contribution is 2.23. The summed E-state index contributed by atoms with van der Waals surface area (Å²) in [6.07, 6.45) is 2.36. The predicted molar refractivity (Wildman–Crippen MR) is 113 cm³/mol.